The highest BCUT2D eigenvalue weighted by Crippen LogP contribution is 2.10. The Morgan fingerprint density at radius 3 is 1.90 bits per heavy atom. The molecule has 0 radical (unpaired) electrons. The van der Waals surface area contributed by atoms with Crippen molar-refractivity contribution in [2.24, 2.45) is 0 Å². The van der Waals surface area contributed by atoms with Crippen molar-refractivity contribution in [3.05, 3.63) is 12.4 Å². The minimum absolute atomic E-state index is 0.859. The number of hydrogen-bond donors (Lipinski definition) is 2. The van der Waals surface area contributed by atoms with Gasteiger partial charge in [0.15, 0.2) is 0 Å². The quantitative estimate of drug-likeness (QED) is 0.510. The van der Waals surface area contributed by atoms with Gasteiger partial charge < -0.3 is 10.6 Å². The van der Waals surface area contributed by atoms with E-state index in [1.54, 1.807) is 12.4 Å². The fourth-order valence-corrected chi connectivity index (χ4v) is 2.26. The average molecular weight is 292 g/mol. The molecule has 0 aliphatic carbocycles. The van der Waals surface area contributed by atoms with Crippen molar-refractivity contribution < 1.29 is 0 Å². The first kappa shape index (κ1) is 17.7. The maximum Gasteiger partial charge on any atom is 0.146 e. The fraction of sp³-hybridized carbons (Fsp3) is 0.765. The summed E-state index contributed by atoms with van der Waals surface area (Å²) < 4.78 is 0. The third-order valence-electron chi connectivity index (χ3n) is 3.53. The Morgan fingerprint density at radius 1 is 0.714 bits per heavy atom. The SMILES string of the molecule is CCCCCCCCCCNc1cncc(NCCC)n1. The molecule has 0 atom stereocenters. The normalized spacial score (nSPS) is 10.6. The highest BCUT2D eigenvalue weighted by atomic mass is 15.1. The van der Waals surface area contributed by atoms with E-state index in [1.807, 2.05) is 0 Å². The average Bonchev–Trinajstić information content (AvgIpc) is 2.52. The summed E-state index contributed by atoms with van der Waals surface area (Å²) in [5, 5.41) is 6.62. The van der Waals surface area contributed by atoms with Crippen molar-refractivity contribution >= 4 is 11.6 Å². The van der Waals surface area contributed by atoms with Crippen molar-refractivity contribution in [3.8, 4) is 0 Å². The number of rotatable bonds is 13. The van der Waals surface area contributed by atoms with Gasteiger partial charge in [-0.3, -0.25) is 4.98 Å². The van der Waals surface area contributed by atoms with Gasteiger partial charge in [0.1, 0.15) is 11.6 Å². The van der Waals surface area contributed by atoms with Gasteiger partial charge in [-0.1, -0.05) is 58.8 Å². The van der Waals surface area contributed by atoms with Gasteiger partial charge >= 0.3 is 0 Å². The zero-order valence-corrected chi connectivity index (χ0v) is 13.8. The lowest BCUT2D eigenvalue weighted by Crippen LogP contribution is -2.07. The Labute approximate surface area is 130 Å². The maximum atomic E-state index is 4.49. The smallest absolute Gasteiger partial charge is 0.146 e. The molecule has 0 amide bonds. The molecule has 2 N–H and O–H groups in total. The molecule has 1 aromatic heterocycles. The number of aromatic nitrogens is 2. The Morgan fingerprint density at radius 2 is 1.29 bits per heavy atom. The standard InChI is InChI=1S/C17H32N4/c1-3-5-6-7-8-9-10-11-13-20-17-15-18-14-16(21-17)19-12-4-2/h14-15H,3-13H2,1-2H3,(H2,19,20,21). The van der Waals surface area contributed by atoms with Crippen LogP contribution in [0.3, 0.4) is 0 Å². The summed E-state index contributed by atoms with van der Waals surface area (Å²) in [6, 6.07) is 0. The van der Waals surface area contributed by atoms with E-state index in [0.717, 1.165) is 31.1 Å². The van der Waals surface area contributed by atoms with Crippen LogP contribution >= 0.6 is 0 Å². The summed E-state index contributed by atoms with van der Waals surface area (Å²) in [4.78, 5) is 8.70. The third kappa shape index (κ3) is 9.27. The minimum atomic E-state index is 0.859. The van der Waals surface area contributed by atoms with Crippen LogP contribution in [0.25, 0.3) is 0 Å². The molecule has 4 nitrogen and oxygen atoms in total. The molecule has 4 heteroatoms. The van der Waals surface area contributed by atoms with Crippen LogP contribution in [0.5, 0.6) is 0 Å². The number of nitrogens with one attached hydrogen (secondary N) is 2. The lowest BCUT2D eigenvalue weighted by Gasteiger charge is -2.08. The summed E-state index contributed by atoms with van der Waals surface area (Å²) >= 11 is 0. The number of unbranched alkanes of at least 4 members (excludes halogenated alkanes) is 7. The van der Waals surface area contributed by atoms with Crippen LogP contribution in [0.2, 0.25) is 0 Å². The monoisotopic (exact) mass is 292 g/mol. The predicted octanol–water partition coefficient (Wildman–Crippen LogP) is 4.85. The van der Waals surface area contributed by atoms with E-state index in [2.05, 4.69) is 34.4 Å². The summed E-state index contributed by atoms with van der Waals surface area (Å²) in [6.45, 7) is 6.34. The van der Waals surface area contributed by atoms with Gasteiger partial charge in [0, 0.05) is 13.1 Å². The molecule has 0 aromatic carbocycles. The Bertz CT molecular complexity index is 354. The van der Waals surface area contributed by atoms with E-state index in [9.17, 15) is 0 Å². The Hall–Kier alpha value is -1.32. The molecule has 0 bridgehead atoms. The Kier molecular flexibility index (Phi) is 10.5. The second-order valence-corrected chi connectivity index (χ2v) is 5.62. The molecular weight excluding hydrogens is 260 g/mol. The van der Waals surface area contributed by atoms with E-state index in [1.165, 1.54) is 51.4 Å². The van der Waals surface area contributed by atoms with E-state index in [0.29, 0.717) is 0 Å². The molecule has 0 saturated carbocycles. The first-order valence-electron chi connectivity index (χ1n) is 8.66. The van der Waals surface area contributed by atoms with E-state index >= 15 is 0 Å². The largest absolute Gasteiger partial charge is 0.369 e. The fourth-order valence-electron chi connectivity index (χ4n) is 2.26. The number of nitrogens with zero attached hydrogens (tertiary/aromatic N) is 2. The maximum absolute atomic E-state index is 4.49. The molecule has 1 heterocycles. The highest BCUT2D eigenvalue weighted by molar-refractivity contribution is 5.41. The lowest BCUT2D eigenvalue weighted by molar-refractivity contribution is 0.581. The molecule has 0 fully saturated rings. The first-order valence-corrected chi connectivity index (χ1v) is 8.66. The van der Waals surface area contributed by atoms with E-state index < -0.39 is 0 Å². The Balaban J connectivity index is 2.04. The van der Waals surface area contributed by atoms with Gasteiger partial charge in [0.05, 0.1) is 12.4 Å². The van der Waals surface area contributed by atoms with E-state index in [-0.39, 0.29) is 0 Å². The summed E-state index contributed by atoms with van der Waals surface area (Å²) in [5.41, 5.74) is 0. The van der Waals surface area contributed by atoms with Crippen molar-refractivity contribution in [1.82, 2.24) is 9.97 Å². The zero-order chi connectivity index (χ0) is 15.2. The molecule has 0 saturated heterocycles. The molecule has 0 aliphatic rings. The zero-order valence-electron chi connectivity index (χ0n) is 13.8. The molecule has 1 rings (SSSR count). The van der Waals surface area contributed by atoms with Gasteiger partial charge in [-0.05, 0) is 12.8 Å². The highest BCUT2D eigenvalue weighted by Gasteiger charge is 1.97. The second-order valence-electron chi connectivity index (χ2n) is 5.62. The van der Waals surface area contributed by atoms with Crippen molar-refractivity contribution in [2.75, 3.05) is 23.7 Å². The van der Waals surface area contributed by atoms with Crippen LogP contribution in [-0.2, 0) is 0 Å². The lowest BCUT2D eigenvalue weighted by atomic mass is 10.1. The minimum Gasteiger partial charge on any atom is -0.369 e. The summed E-state index contributed by atoms with van der Waals surface area (Å²) in [5.74, 6) is 1.73. The second kappa shape index (κ2) is 12.4. The molecular formula is C17H32N4. The van der Waals surface area contributed by atoms with Crippen LogP contribution < -0.4 is 10.6 Å². The molecule has 120 valence electrons. The molecule has 1 aromatic rings. The molecule has 0 unspecified atom stereocenters. The van der Waals surface area contributed by atoms with Gasteiger partial charge in [0.25, 0.3) is 0 Å². The number of anilines is 2. The van der Waals surface area contributed by atoms with Crippen LogP contribution in [0.4, 0.5) is 11.6 Å². The molecule has 0 spiro atoms. The van der Waals surface area contributed by atoms with Gasteiger partial charge in [-0.2, -0.15) is 0 Å². The molecule has 21 heavy (non-hydrogen) atoms. The number of hydrogen-bond acceptors (Lipinski definition) is 4. The van der Waals surface area contributed by atoms with Gasteiger partial charge in [-0.15, -0.1) is 0 Å². The van der Waals surface area contributed by atoms with Crippen molar-refractivity contribution in [3.63, 3.8) is 0 Å². The van der Waals surface area contributed by atoms with Crippen LogP contribution in [0.1, 0.15) is 71.6 Å². The van der Waals surface area contributed by atoms with Crippen molar-refractivity contribution in [1.29, 1.82) is 0 Å². The predicted molar refractivity (Wildman–Crippen MR) is 91.9 cm³/mol. The summed E-state index contributed by atoms with van der Waals surface area (Å²) in [7, 11) is 0. The van der Waals surface area contributed by atoms with Gasteiger partial charge in [0.2, 0.25) is 0 Å². The van der Waals surface area contributed by atoms with Gasteiger partial charge in [-0.25, -0.2) is 4.98 Å². The summed E-state index contributed by atoms with van der Waals surface area (Å²) in [6.07, 6.45) is 15.4. The van der Waals surface area contributed by atoms with Crippen LogP contribution in [0, 0.1) is 0 Å². The van der Waals surface area contributed by atoms with Crippen LogP contribution in [-0.4, -0.2) is 23.1 Å². The van der Waals surface area contributed by atoms with E-state index in [4.69, 9.17) is 0 Å². The molecule has 0 aliphatic heterocycles. The first-order chi connectivity index (χ1) is 10.4. The van der Waals surface area contributed by atoms with Crippen LogP contribution in [0.15, 0.2) is 12.4 Å². The van der Waals surface area contributed by atoms with Crippen molar-refractivity contribution in [2.45, 2.75) is 71.6 Å². The topological polar surface area (TPSA) is 49.8 Å². The third-order valence-corrected chi connectivity index (χ3v) is 3.53.